The van der Waals surface area contributed by atoms with Crippen LogP contribution in [-0.2, 0) is 4.79 Å². The molecule has 1 aliphatic heterocycles. The van der Waals surface area contributed by atoms with E-state index in [4.69, 9.17) is 10.5 Å². The topological polar surface area (TPSA) is 119 Å². The van der Waals surface area contributed by atoms with E-state index in [0.717, 1.165) is 59.6 Å². The number of benzene rings is 2. The van der Waals surface area contributed by atoms with Gasteiger partial charge in [-0.15, -0.1) is 0 Å². The first-order valence-corrected chi connectivity index (χ1v) is 13.0. The Balaban J connectivity index is 1.70. The van der Waals surface area contributed by atoms with E-state index < -0.39 is 6.04 Å². The zero-order chi connectivity index (χ0) is 27.2. The molecule has 9 heteroatoms. The van der Waals surface area contributed by atoms with Crippen molar-refractivity contribution in [3.05, 3.63) is 66.6 Å². The highest BCUT2D eigenvalue weighted by atomic mass is 16.5. The molecular formula is C30H31N7O2. The average Bonchev–Trinajstić information content (AvgIpc) is 3.31. The van der Waals surface area contributed by atoms with Crippen molar-refractivity contribution < 1.29 is 9.53 Å². The molecule has 2 aromatic heterocycles. The molecular weight excluding hydrogens is 490 g/mol. The second-order valence-corrected chi connectivity index (χ2v) is 9.33. The minimum absolute atomic E-state index is 0.176. The number of fused-ring (bicyclic) bond motifs is 1. The van der Waals surface area contributed by atoms with Gasteiger partial charge in [0.15, 0.2) is 0 Å². The number of hydrogen-bond acceptors (Lipinski definition) is 6. The molecule has 9 nitrogen and oxygen atoms in total. The average molecular weight is 522 g/mol. The standard InChI is InChI=1S/C30H31N7O2/c1-20(28(31)36-19-38)37-25(13-8-21-14-16-33-17-15-21)26(27-29(32-2)34-18-35-30(27)37)22-9-11-24(12-10-22)39-23-6-4-3-5-7-23/h3-7,9-12,18-21,33H,14-17H2,1-2H3,(H2,31,36,38)(H,32,34,35). The number of aromatic nitrogens is 3. The number of nitrogens with one attached hydrogen (secondary N) is 2. The summed E-state index contributed by atoms with van der Waals surface area (Å²) in [7, 11) is 1.83. The number of amides is 1. The number of hydrogen-bond donors (Lipinski definition) is 3. The molecule has 1 amide bonds. The zero-order valence-corrected chi connectivity index (χ0v) is 22.0. The van der Waals surface area contributed by atoms with Crippen LogP contribution in [0.4, 0.5) is 5.82 Å². The van der Waals surface area contributed by atoms with E-state index in [2.05, 4.69) is 37.4 Å². The molecule has 2 aromatic carbocycles. The molecule has 4 N–H and O–H groups in total. The molecule has 198 valence electrons. The number of rotatable bonds is 7. The maximum atomic E-state index is 11.2. The fourth-order valence-corrected chi connectivity index (χ4v) is 4.86. The first-order valence-electron chi connectivity index (χ1n) is 13.0. The normalized spacial score (nSPS) is 14.9. The van der Waals surface area contributed by atoms with E-state index in [1.807, 2.05) is 73.1 Å². The van der Waals surface area contributed by atoms with Crippen LogP contribution < -0.4 is 21.1 Å². The molecule has 39 heavy (non-hydrogen) atoms. The highest BCUT2D eigenvalue weighted by Gasteiger charge is 2.26. The van der Waals surface area contributed by atoms with Crippen LogP contribution in [0.2, 0.25) is 0 Å². The molecule has 3 heterocycles. The summed E-state index contributed by atoms with van der Waals surface area (Å²) < 4.78 is 7.98. The third kappa shape index (κ3) is 5.47. The van der Waals surface area contributed by atoms with Crippen molar-refractivity contribution in [1.82, 2.24) is 19.9 Å². The zero-order valence-electron chi connectivity index (χ0n) is 22.0. The lowest BCUT2D eigenvalue weighted by atomic mass is 9.97. The van der Waals surface area contributed by atoms with Gasteiger partial charge in [-0.05, 0) is 68.6 Å². The van der Waals surface area contributed by atoms with Crippen LogP contribution >= 0.6 is 0 Å². The van der Waals surface area contributed by atoms with Gasteiger partial charge < -0.3 is 25.7 Å². The van der Waals surface area contributed by atoms with Gasteiger partial charge in [0.05, 0.1) is 11.4 Å². The van der Waals surface area contributed by atoms with Gasteiger partial charge in [-0.1, -0.05) is 36.3 Å². The van der Waals surface area contributed by atoms with Crippen LogP contribution in [0, 0.1) is 17.8 Å². The molecule has 1 saturated heterocycles. The van der Waals surface area contributed by atoms with Crippen molar-refractivity contribution in [3.63, 3.8) is 0 Å². The molecule has 1 aliphatic rings. The summed E-state index contributed by atoms with van der Waals surface area (Å²) in [6, 6.07) is 17.1. The van der Waals surface area contributed by atoms with Gasteiger partial charge in [-0.25, -0.2) is 15.0 Å². The Bertz CT molecular complexity index is 1540. The highest BCUT2D eigenvalue weighted by Crippen LogP contribution is 2.39. The summed E-state index contributed by atoms with van der Waals surface area (Å²) in [5.41, 5.74) is 9.45. The number of anilines is 1. The number of carbonyl (C=O) groups is 1. The number of ether oxygens (including phenoxy) is 1. The molecule has 0 bridgehead atoms. The molecule has 0 radical (unpaired) electrons. The largest absolute Gasteiger partial charge is 0.457 e. The minimum Gasteiger partial charge on any atom is -0.457 e. The Morgan fingerprint density at radius 1 is 1.15 bits per heavy atom. The molecule has 0 saturated carbocycles. The molecule has 1 unspecified atom stereocenters. The van der Waals surface area contributed by atoms with Crippen LogP contribution in [0.15, 0.2) is 65.9 Å². The second-order valence-electron chi connectivity index (χ2n) is 9.33. The summed E-state index contributed by atoms with van der Waals surface area (Å²) in [5, 5.41) is 7.41. The number of amidine groups is 1. The molecule has 1 fully saturated rings. The fourth-order valence-electron chi connectivity index (χ4n) is 4.86. The van der Waals surface area contributed by atoms with Crippen molar-refractivity contribution in [3.8, 4) is 34.5 Å². The van der Waals surface area contributed by atoms with Gasteiger partial charge >= 0.3 is 0 Å². The van der Waals surface area contributed by atoms with E-state index in [1.54, 1.807) is 0 Å². The van der Waals surface area contributed by atoms with Gasteiger partial charge in [-0.3, -0.25) is 4.79 Å². The van der Waals surface area contributed by atoms with Crippen LogP contribution in [0.3, 0.4) is 0 Å². The van der Waals surface area contributed by atoms with Crippen molar-refractivity contribution in [2.75, 3.05) is 25.5 Å². The summed E-state index contributed by atoms with van der Waals surface area (Å²) in [6.45, 7) is 3.78. The Kier molecular flexibility index (Phi) is 7.85. The van der Waals surface area contributed by atoms with Crippen LogP contribution in [-0.4, -0.2) is 46.9 Å². The first-order chi connectivity index (χ1) is 19.1. The predicted octanol–water partition coefficient (Wildman–Crippen LogP) is 4.36. The van der Waals surface area contributed by atoms with Gasteiger partial charge in [0.2, 0.25) is 6.41 Å². The monoisotopic (exact) mass is 521 g/mol. The Labute approximate surface area is 227 Å². The summed E-state index contributed by atoms with van der Waals surface area (Å²) >= 11 is 0. The van der Waals surface area contributed by atoms with Crippen LogP contribution in [0.25, 0.3) is 22.2 Å². The number of nitrogens with zero attached hydrogens (tertiary/aromatic N) is 4. The summed E-state index contributed by atoms with van der Waals surface area (Å²) in [4.78, 5) is 24.1. The maximum Gasteiger partial charge on any atom is 0.234 e. The molecule has 4 aromatic rings. The van der Waals surface area contributed by atoms with E-state index in [-0.39, 0.29) is 11.8 Å². The SMILES string of the molecule is CNc1ncnc2c1c(-c1ccc(Oc3ccccc3)cc1)c(C#CC1CCNCC1)n2C(C)C(N)=NC=O. The quantitative estimate of drug-likeness (QED) is 0.143. The Morgan fingerprint density at radius 3 is 2.56 bits per heavy atom. The fraction of sp³-hybridized carbons (Fsp3) is 0.267. The van der Waals surface area contributed by atoms with Gasteiger partial charge in [0.25, 0.3) is 0 Å². The highest BCUT2D eigenvalue weighted by molar-refractivity contribution is 6.05. The van der Waals surface area contributed by atoms with Crippen LogP contribution in [0.1, 0.15) is 31.5 Å². The van der Waals surface area contributed by atoms with Gasteiger partial charge in [0, 0.05) is 18.5 Å². The third-order valence-corrected chi connectivity index (χ3v) is 6.89. The molecule has 0 spiro atoms. The molecule has 1 atom stereocenters. The van der Waals surface area contributed by atoms with Crippen molar-refractivity contribution in [2.45, 2.75) is 25.8 Å². The smallest absolute Gasteiger partial charge is 0.234 e. The van der Waals surface area contributed by atoms with Gasteiger partial charge in [0.1, 0.15) is 40.8 Å². The van der Waals surface area contributed by atoms with E-state index in [9.17, 15) is 4.79 Å². The Hall–Kier alpha value is -4.68. The lowest BCUT2D eigenvalue weighted by Gasteiger charge is -2.18. The number of nitrogens with two attached hydrogens (primary N) is 1. The summed E-state index contributed by atoms with van der Waals surface area (Å²) in [6.07, 6.45) is 3.94. The number of aliphatic imine (C=N–C) groups is 1. The summed E-state index contributed by atoms with van der Waals surface area (Å²) in [5.74, 6) is 9.59. The van der Waals surface area contributed by atoms with Crippen molar-refractivity contribution in [1.29, 1.82) is 0 Å². The maximum absolute atomic E-state index is 11.2. The second kappa shape index (κ2) is 11.8. The van der Waals surface area contributed by atoms with Crippen molar-refractivity contribution in [2.24, 2.45) is 16.6 Å². The lowest BCUT2D eigenvalue weighted by Crippen LogP contribution is -2.27. The molecule has 5 rings (SSSR count). The van der Waals surface area contributed by atoms with Gasteiger partial charge in [-0.2, -0.15) is 0 Å². The number of carbonyl (C=O) groups excluding carboxylic acids is 1. The Morgan fingerprint density at radius 2 is 1.87 bits per heavy atom. The minimum atomic E-state index is -0.468. The number of para-hydroxylation sites is 1. The first kappa shape index (κ1) is 25.9. The predicted molar refractivity (Wildman–Crippen MR) is 154 cm³/mol. The van der Waals surface area contributed by atoms with E-state index >= 15 is 0 Å². The van der Waals surface area contributed by atoms with E-state index in [1.165, 1.54) is 6.33 Å². The van der Waals surface area contributed by atoms with Crippen molar-refractivity contribution >= 4 is 29.1 Å². The third-order valence-electron chi connectivity index (χ3n) is 6.89. The molecule has 0 aliphatic carbocycles. The lowest BCUT2D eigenvalue weighted by molar-refractivity contribution is -0.106. The van der Waals surface area contributed by atoms with E-state index in [0.29, 0.717) is 17.9 Å². The van der Waals surface area contributed by atoms with Crippen LogP contribution in [0.5, 0.6) is 11.5 Å². The number of piperidine rings is 1.